The Balaban J connectivity index is 1.73. The van der Waals surface area contributed by atoms with Crippen molar-refractivity contribution in [3.63, 3.8) is 0 Å². The molecule has 3 nitrogen and oxygen atoms in total. The van der Waals surface area contributed by atoms with Gasteiger partial charge in [0.1, 0.15) is 5.97 Å². The number of aromatic carboxylic acids is 1. The van der Waals surface area contributed by atoms with Gasteiger partial charge in [0.2, 0.25) is 17.1 Å². The number of carboxylic acids is 1. The van der Waals surface area contributed by atoms with E-state index in [4.69, 9.17) is 0 Å². The van der Waals surface area contributed by atoms with Crippen LogP contribution in [-0.4, -0.2) is 5.97 Å². The van der Waals surface area contributed by atoms with Crippen molar-refractivity contribution in [2.24, 2.45) is 0 Å². The van der Waals surface area contributed by atoms with Crippen LogP contribution in [0.5, 0.6) is 0 Å². The minimum Gasteiger partial charge on any atom is -0.539 e. The molecule has 3 heteroatoms. The average molecular weight is 428 g/mol. The molecule has 0 unspecified atom stereocenters. The summed E-state index contributed by atoms with van der Waals surface area (Å²) in [5.74, 6) is -1.22. The molecule has 5 aromatic rings. The second-order valence-corrected chi connectivity index (χ2v) is 7.78. The second-order valence-electron chi connectivity index (χ2n) is 7.78. The molecule has 0 saturated heterocycles. The van der Waals surface area contributed by atoms with E-state index in [1.165, 1.54) is 0 Å². The molecule has 0 spiro atoms. The Morgan fingerprint density at radius 3 is 1.48 bits per heavy atom. The number of hydrogen-bond donors (Lipinski definition) is 0. The Hall–Kier alpha value is -4.50. The van der Waals surface area contributed by atoms with Crippen molar-refractivity contribution >= 4 is 5.97 Å². The van der Waals surface area contributed by atoms with Crippen LogP contribution in [0.25, 0.3) is 39.2 Å². The van der Waals surface area contributed by atoms with Crippen LogP contribution in [0.4, 0.5) is 0 Å². The van der Waals surface area contributed by atoms with Gasteiger partial charge in [-0.25, -0.2) is 0 Å². The number of nitrogens with zero attached hydrogens (tertiary/aromatic N) is 1. The fraction of sp³-hybridized carbons (Fsp3) is 0. The average Bonchev–Trinajstić information content (AvgIpc) is 2.89. The van der Waals surface area contributed by atoms with Crippen molar-refractivity contribution in [3.8, 4) is 39.2 Å². The molecule has 0 amide bonds. The Labute approximate surface area is 192 Å². The van der Waals surface area contributed by atoms with Gasteiger partial charge in [-0.1, -0.05) is 78.9 Å². The van der Waals surface area contributed by atoms with E-state index < -0.39 is 5.97 Å². The maximum Gasteiger partial charge on any atom is 0.235 e. The maximum atomic E-state index is 12.3. The molecule has 0 saturated carbocycles. The molecule has 0 aliphatic heterocycles. The van der Waals surface area contributed by atoms with E-state index in [1.807, 2.05) is 109 Å². The molecule has 33 heavy (non-hydrogen) atoms. The minimum atomic E-state index is -1.22. The number of carboxylic acid groups (broad SMARTS) is 1. The van der Waals surface area contributed by atoms with Crippen molar-refractivity contribution < 1.29 is 14.5 Å². The van der Waals surface area contributed by atoms with E-state index in [2.05, 4.69) is 12.1 Å². The lowest BCUT2D eigenvalue weighted by Crippen LogP contribution is -2.44. The zero-order valence-electron chi connectivity index (χ0n) is 17.9. The molecular weight excluding hydrogens is 406 g/mol. The monoisotopic (exact) mass is 427 g/mol. The van der Waals surface area contributed by atoms with Gasteiger partial charge in [0.15, 0.2) is 0 Å². The van der Waals surface area contributed by atoms with Crippen molar-refractivity contribution in [1.29, 1.82) is 0 Å². The number of pyridine rings is 1. The highest BCUT2D eigenvalue weighted by atomic mass is 16.4. The van der Waals surface area contributed by atoms with Gasteiger partial charge in [0, 0.05) is 29.8 Å². The van der Waals surface area contributed by atoms with E-state index in [0.29, 0.717) is 0 Å². The second kappa shape index (κ2) is 8.93. The SMILES string of the molecule is O=C([O-])c1cc(-c2ccccc2)cc(-c2ccccc2)[n+]1-c1ccc(-c2ccccc2)cc1. The Kier molecular flexibility index (Phi) is 5.52. The Morgan fingerprint density at radius 2 is 0.970 bits per heavy atom. The largest absolute Gasteiger partial charge is 0.539 e. The van der Waals surface area contributed by atoms with Crippen molar-refractivity contribution in [2.75, 3.05) is 0 Å². The summed E-state index contributed by atoms with van der Waals surface area (Å²) in [4.78, 5) is 12.3. The van der Waals surface area contributed by atoms with Crippen molar-refractivity contribution in [1.82, 2.24) is 0 Å². The van der Waals surface area contributed by atoms with Crippen LogP contribution in [0, 0.1) is 0 Å². The topological polar surface area (TPSA) is 44.0 Å². The fourth-order valence-corrected chi connectivity index (χ4v) is 4.08. The number of hydrogen-bond acceptors (Lipinski definition) is 2. The molecule has 0 aliphatic carbocycles. The summed E-state index contributed by atoms with van der Waals surface area (Å²) >= 11 is 0. The normalized spacial score (nSPS) is 10.7. The highest BCUT2D eigenvalue weighted by Gasteiger charge is 2.24. The molecule has 1 heterocycles. The number of carbonyl (C=O) groups is 1. The molecule has 0 radical (unpaired) electrons. The Bertz CT molecular complexity index is 1400. The van der Waals surface area contributed by atoms with Crippen LogP contribution >= 0.6 is 0 Å². The lowest BCUT2D eigenvalue weighted by Gasteiger charge is -2.13. The Morgan fingerprint density at radius 1 is 0.515 bits per heavy atom. The summed E-state index contributed by atoms with van der Waals surface area (Å²) < 4.78 is 1.76. The summed E-state index contributed by atoms with van der Waals surface area (Å²) in [6.07, 6.45) is 0. The molecule has 0 N–H and O–H groups in total. The van der Waals surface area contributed by atoms with Crippen molar-refractivity contribution in [3.05, 3.63) is 133 Å². The number of rotatable bonds is 5. The molecule has 0 bridgehead atoms. The highest BCUT2D eigenvalue weighted by molar-refractivity contribution is 5.85. The van der Waals surface area contributed by atoms with Crippen LogP contribution in [-0.2, 0) is 0 Å². The molecule has 5 rings (SSSR count). The summed E-state index contributed by atoms with van der Waals surface area (Å²) in [5.41, 5.74) is 6.51. The highest BCUT2D eigenvalue weighted by Crippen LogP contribution is 2.27. The van der Waals surface area contributed by atoms with Crippen LogP contribution in [0.2, 0.25) is 0 Å². The van der Waals surface area contributed by atoms with E-state index in [0.717, 1.165) is 39.2 Å². The summed E-state index contributed by atoms with van der Waals surface area (Å²) in [6, 6.07) is 41.3. The van der Waals surface area contributed by atoms with Gasteiger partial charge in [-0.2, -0.15) is 4.57 Å². The third-order valence-corrected chi connectivity index (χ3v) is 5.68. The zero-order valence-corrected chi connectivity index (χ0v) is 17.9. The van der Waals surface area contributed by atoms with E-state index in [-0.39, 0.29) is 5.69 Å². The summed E-state index contributed by atoms with van der Waals surface area (Å²) in [5, 5.41) is 12.3. The van der Waals surface area contributed by atoms with E-state index >= 15 is 0 Å². The van der Waals surface area contributed by atoms with E-state index in [9.17, 15) is 9.90 Å². The molecular formula is C30H21NO2. The van der Waals surface area contributed by atoms with Crippen LogP contribution in [0.3, 0.4) is 0 Å². The third kappa shape index (κ3) is 4.17. The molecule has 0 fully saturated rings. The first-order valence-electron chi connectivity index (χ1n) is 10.8. The lowest BCUT2D eigenvalue weighted by molar-refractivity contribution is -0.590. The molecule has 0 aliphatic rings. The van der Waals surface area contributed by atoms with Gasteiger partial charge in [0.25, 0.3) is 0 Å². The van der Waals surface area contributed by atoms with Crippen molar-refractivity contribution in [2.45, 2.75) is 0 Å². The van der Waals surface area contributed by atoms with Gasteiger partial charge in [0.05, 0.1) is 0 Å². The number of carbonyl (C=O) groups excluding carboxylic acids is 1. The smallest absolute Gasteiger partial charge is 0.235 e. The molecule has 1 aromatic heterocycles. The number of benzene rings is 4. The standard InChI is InChI=1S/C30H21NO2/c32-30(33)29-21-26(23-12-6-2-7-13-23)20-28(25-14-8-3-9-15-25)31(29)27-18-16-24(17-19-27)22-10-4-1-5-11-22/h1-21H. The van der Waals surface area contributed by atoms with Gasteiger partial charge in [-0.15, -0.1) is 0 Å². The quantitative estimate of drug-likeness (QED) is 0.356. The predicted molar refractivity (Wildman–Crippen MR) is 129 cm³/mol. The maximum absolute atomic E-state index is 12.3. The van der Waals surface area contributed by atoms with Gasteiger partial charge in [-0.05, 0) is 46.5 Å². The molecule has 0 atom stereocenters. The predicted octanol–water partition coefficient (Wildman–Crippen LogP) is 5.33. The number of aromatic nitrogens is 1. The van der Waals surface area contributed by atoms with Gasteiger partial charge < -0.3 is 9.90 Å². The zero-order chi connectivity index (χ0) is 22.6. The first kappa shape index (κ1) is 20.4. The van der Waals surface area contributed by atoms with Crippen LogP contribution in [0.15, 0.2) is 127 Å². The lowest BCUT2D eigenvalue weighted by atomic mass is 10.0. The van der Waals surface area contributed by atoms with Gasteiger partial charge in [-0.3, -0.25) is 0 Å². The van der Waals surface area contributed by atoms with Crippen LogP contribution in [0.1, 0.15) is 10.5 Å². The first-order chi connectivity index (χ1) is 16.2. The first-order valence-corrected chi connectivity index (χ1v) is 10.8. The third-order valence-electron chi connectivity index (χ3n) is 5.68. The van der Waals surface area contributed by atoms with E-state index in [1.54, 1.807) is 10.6 Å². The van der Waals surface area contributed by atoms with Gasteiger partial charge >= 0.3 is 0 Å². The molecule has 158 valence electrons. The molecule has 4 aromatic carbocycles. The minimum absolute atomic E-state index is 0.0997. The summed E-state index contributed by atoms with van der Waals surface area (Å²) in [7, 11) is 0. The summed E-state index contributed by atoms with van der Waals surface area (Å²) in [6.45, 7) is 0. The van der Waals surface area contributed by atoms with Crippen LogP contribution < -0.4 is 9.67 Å². The fourth-order valence-electron chi connectivity index (χ4n) is 4.08.